The van der Waals surface area contributed by atoms with E-state index < -0.39 is 76.7 Å². The second-order valence-corrected chi connectivity index (χ2v) is 17.8. The van der Waals surface area contributed by atoms with Gasteiger partial charge in [0.15, 0.2) is 34.9 Å². The minimum atomic E-state index is -1.33. The largest absolute Gasteiger partial charge is 0.483 e. The third kappa shape index (κ3) is 16.4. The number of nitrogens with two attached hydrogens (primary N) is 1. The Balaban J connectivity index is 0.000000278. The van der Waals surface area contributed by atoms with E-state index in [1.165, 1.54) is 0 Å². The molecule has 0 spiro atoms. The molecule has 16 nitrogen and oxygen atoms in total. The van der Waals surface area contributed by atoms with Gasteiger partial charge in [-0.05, 0) is 94.4 Å². The normalized spacial score (nSPS) is 15.3. The van der Waals surface area contributed by atoms with Crippen molar-refractivity contribution in [2.24, 2.45) is 17.6 Å². The van der Waals surface area contributed by atoms with Gasteiger partial charge in [0.2, 0.25) is 23.6 Å². The number of hydrogen-bond acceptors (Lipinski definition) is 12. The van der Waals surface area contributed by atoms with E-state index in [0.29, 0.717) is 41.7 Å². The third-order valence-electron chi connectivity index (χ3n) is 10.0. The maximum atomic E-state index is 14.3. The number of hydrogen-bond donors (Lipinski definition) is 5. The molecule has 6 N–H and O–H groups in total. The molecular weight excluding hydrogens is 883 g/mol. The number of nitrogens with one attached hydrogen (secondary N) is 3. The van der Waals surface area contributed by atoms with Gasteiger partial charge >= 0.3 is 6.09 Å². The first-order chi connectivity index (χ1) is 31.0. The van der Waals surface area contributed by atoms with E-state index >= 15 is 0 Å². The van der Waals surface area contributed by atoms with Crippen LogP contribution in [0.3, 0.4) is 0 Å². The fourth-order valence-electron chi connectivity index (χ4n) is 6.42. The van der Waals surface area contributed by atoms with E-state index in [1.54, 1.807) is 20.8 Å². The van der Waals surface area contributed by atoms with Gasteiger partial charge in [-0.1, -0.05) is 38.0 Å². The van der Waals surface area contributed by atoms with Gasteiger partial charge in [-0.15, -0.1) is 0 Å². The Morgan fingerprint density at radius 3 is 1.50 bits per heavy atom. The van der Waals surface area contributed by atoms with Crippen LogP contribution in [0.25, 0.3) is 0 Å². The number of rotatable bonds is 17. The van der Waals surface area contributed by atoms with E-state index in [4.69, 9.17) is 29.4 Å². The highest BCUT2D eigenvalue weighted by atomic mass is 19.2. The highest BCUT2D eigenvalue weighted by molar-refractivity contribution is 5.78. The number of amides is 3. The molecule has 4 aromatic rings. The lowest BCUT2D eigenvalue weighted by atomic mass is 10.0. The number of carboxylic acid groups (broad SMARTS) is 1. The summed E-state index contributed by atoms with van der Waals surface area (Å²) in [5.41, 5.74) is 4.83. The molecule has 22 heteroatoms. The van der Waals surface area contributed by atoms with E-state index in [-0.39, 0.29) is 72.8 Å². The number of aromatic nitrogens is 4. The molecule has 2 unspecified atom stereocenters. The van der Waals surface area contributed by atoms with Crippen molar-refractivity contribution in [2.45, 2.75) is 141 Å². The predicted molar refractivity (Wildman–Crippen MR) is 223 cm³/mol. The van der Waals surface area contributed by atoms with Crippen molar-refractivity contribution in [2.75, 3.05) is 0 Å². The Bertz CT molecular complexity index is 2280. The molecule has 66 heavy (non-hydrogen) atoms. The fraction of sp³-hybridized carbons (Fsp3) is 0.545. The van der Waals surface area contributed by atoms with Gasteiger partial charge in [0.1, 0.15) is 29.3 Å². The van der Waals surface area contributed by atoms with Gasteiger partial charge in [0, 0.05) is 48.9 Å². The number of nitrogens with zero attached hydrogens (tertiary/aromatic N) is 4. The van der Waals surface area contributed by atoms with E-state index in [1.807, 2.05) is 27.7 Å². The molecular formula is C44H56F6N8O8. The summed E-state index contributed by atoms with van der Waals surface area (Å²) in [6.45, 7) is 12.3. The maximum absolute atomic E-state index is 14.3. The topological polar surface area (TPSA) is 238 Å². The van der Waals surface area contributed by atoms with Crippen LogP contribution in [0.5, 0.6) is 0 Å². The first-order valence-electron chi connectivity index (χ1n) is 21.3. The van der Waals surface area contributed by atoms with Gasteiger partial charge in [-0.25, -0.2) is 31.1 Å². The summed E-state index contributed by atoms with van der Waals surface area (Å²) in [5.74, 6) is -5.33. The molecule has 2 aromatic heterocycles. The molecule has 3 amide bonds. The molecule has 0 bridgehead atoms. The molecule has 0 radical (unpaired) electrons. The highest BCUT2D eigenvalue weighted by Gasteiger charge is 2.34. The smallest absolute Gasteiger partial charge is 0.407 e. The van der Waals surface area contributed by atoms with Crippen LogP contribution in [0.2, 0.25) is 0 Å². The van der Waals surface area contributed by atoms with Crippen molar-refractivity contribution < 1.29 is 64.4 Å². The first-order valence-corrected chi connectivity index (χ1v) is 21.3. The van der Waals surface area contributed by atoms with E-state index in [0.717, 1.165) is 31.7 Å². The second kappa shape index (κ2) is 23.4. The molecule has 0 saturated heterocycles. The summed E-state index contributed by atoms with van der Waals surface area (Å²) < 4.78 is 97.3. The van der Waals surface area contributed by atoms with Crippen molar-refractivity contribution in [3.05, 3.63) is 93.7 Å². The standard InChI is InChI=1S/C24H31F3N4O4.C19H23F3N4O2.CH2O2/c1-12(2)20(22-30-21(31-35-22)13-6-7-13)29-19(32)10-15(28-23(33)34-24(3,4)5)8-14-9-17(26)18(27)11-16(14)25;1-9(2)17(19-25-18(26-28-19)10-3-4-10)24-16(27)7-12(23)5-11-6-14(21)15(22)8-13(11)20;2-1-3/h9,11-13,15,20H,6-8,10H2,1-5H3,(H,28,33)(H,29,32);6,8-10,12,17H,3-5,7,23H2,1-2H3,(H,24,27);1H,(H,2,3)/t15-,20?;12-,17?;/m11./s1. The van der Waals surface area contributed by atoms with E-state index in [2.05, 4.69) is 36.2 Å². The molecule has 6 rings (SSSR count). The van der Waals surface area contributed by atoms with Gasteiger partial charge < -0.3 is 40.6 Å². The summed E-state index contributed by atoms with van der Waals surface area (Å²) >= 11 is 0. The summed E-state index contributed by atoms with van der Waals surface area (Å²) in [5, 5.41) is 23.0. The SMILES string of the molecule is CC(C)C(NC(=O)C[C@@H](Cc1cc(F)c(F)cc1F)NC(=O)OC(C)(C)C)c1nc(C2CC2)no1.CC(C)C(NC(=O)C[C@H](N)Cc1cc(F)c(F)cc1F)c1nc(C2CC2)no1.O=CO. The second-order valence-electron chi connectivity index (χ2n) is 17.8. The summed E-state index contributed by atoms with van der Waals surface area (Å²) in [6.07, 6.45) is 2.45. The number of alkyl carbamates (subject to hydrolysis) is 1. The summed E-state index contributed by atoms with van der Waals surface area (Å²) in [6, 6.07) is -0.419. The zero-order valence-electron chi connectivity index (χ0n) is 37.6. The van der Waals surface area contributed by atoms with E-state index in [9.17, 15) is 40.7 Å². The fourth-order valence-corrected chi connectivity index (χ4v) is 6.42. The van der Waals surface area contributed by atoms with Crippen molar-refractivity contribution in [1.82, 2.24) is 36.2 Å². The number of ether oxygens (including phenoxy) is 1. The highest BCUT2D eigenvalue weighted by Crippen LogP contribution is 2.39. The molecule has 4 atom stereocenters. The quantitative estimate of drug-likeness (QED) is 0.0391. The van der Waals surface area contributed by atoms with Crippen LogP contribution in [0.4, 0.5) is 31.1 Å². The Morgan fingerprint density at radius 2 is 1.11 bits per heavy atom. The lowest BCUT2D eigenvalue weighted by Gasteiger charge is -2.25. The van der Waals surface area contributed by atoms with Gasteiger partial charge in [-0.2, -0.15) is 9.97 Å². The Labute approximate surface area is 377 Å². The van der Waals surface area contributed by atoms with Gasteiger partial charge in [-0.3, -0.25) is 14.4 Å². The molecule has 2 aliphatic rings. The molecule has 0 aliphatic heterocycles. The minimum Gasteiger partial charge on any atom is -0.483 e. The Kier molecular flexibility index (Phi) is 18.6. The van der Waals surface area contributed by atoms with Crippen molar-refractivity contribution in [3.8, 4) is 0 Å². The number of carbonyl (C=O) groups excluding carboxylic acids is 3. The van der Waals surface area contributed by atoms with Crippen LogP contribution < -0.4 is 21.7 Å². The monoisotopic (exact) mass is 938 g/mol. The van der Waals surface area contributed by atoms with Gasteiger partial charge in [0.25, 0.3) is 6.47 Å². The van der Waals surface area contributed by atoms with Crippen molar-refractivity contribution in [1.29, 1.82) is 0 Å². The predicted octanol–water partition coefficient (Wildman–Crippen LogP) is 7.54. The summed E-state index contributed by atoms with van der Waals surface area (Å²) in [7, 11) is 0. The maximum Gasteiger partial charge on any atom is 0.407 e. The number of halogens is 6. The van der Waals surface area contributed by atoms with Crippen LogP contribution in [0.1, 0.15) is 145 Å². The third-order valence-corrected chi connectivity index (χ3v) is 10.0. The molecule has 362 valence electrons. The molecule has 2 saturated carbocycles. The van der Waals surface area contributed by atoms with Crippen LogP contribution in [0.15, 0.2) is 33.3 Å². The molecule has 2 aromatic carbocycles. The van der Waals surface area contributed by atoms with Crippen LogP contribution in [-0.2, 0) is 32.0 Å². The van der Waals surface area contributed by atoms with Crippen LogP contribution >= 0.6 is 0 Å². The lowest BCUT2D eigenvalue weighted by Crippen LogP contribution is -2.44. The van der Waals surface area contributed by atoms with Crippen LogP contribution in [-0.4, -0.2) is 67.5 Å². The average Bonchev–Trinajstić information content (AvgIpc) is 4.14. The zero-order valence-corrected chi connectivity index (χ0v) is 37.6. The van der Waals surface area contributed by atoms with Crippen molar-refractivity contribution >= 4 is 24.4 Å². The Morgan fingerprint density at radius 1 is 0.712 bits per heavy atom. The zero-order chi connectivity index (χ0) is 49.0. The lowest BCUT2D eigenvalue weighted by molar-refractivity contribution is -0.123. The number of carbonyl (C=O) groups is 4. The van der Waals surface area contributed by atoms with Gasteiger partial charge in [0.05, 0.1) is 0 Å². The van der Waals surface area contributed by atoms with Crippen molar-refractivity contribution in [3.63, 3.8) is 0 Å². The summed E-state index contributed by atoms with van der Waals surface area (Å²) in [4.78, 5) is 54.8. The van der Waals surface area contributed by atoms with Crippen LogP contribution in [0, 0.1) is 46.7 Å². The molecule has 2 fully saturated rings. The number of benzene rings is 2. The average molecular weight is 939 g/mol. The molecule has 2 heterocycles. The molecule has 2 aliphatic carbocycles. The Hall–Kier alpha value is -6.06. The minimum absolute atomic E-state index is 0.00341. The first kappa shape index (κ1) is 52.6.